The number of nitrogens with two attached hydrogens (primary N) is 1. The van der Waals surface area contributed by atoms with Crippen molar-refractivity contribution in [3.05, 3.63) is 24.3 Å². The van der Waals surface area contributed by atoms with Gasteiger partial charge in [0.1, 0.15) is 0 Å². The lowest BCUT2D eigenvalue weighted by molar-refractivity contribution is -0.117. The molecule has 0 aliphatic heterocycles. The molecule has 0 saturated heterocycles. The van der Waals surface area contributed by atoms with Gasteiger partial charge in [-0.25, -0.2) is 0 Å². The standard InChI is InChI=1S/C12H17N3O2/c1-3-11(16)14-9-4-6-10(7-5-9)15-12(17)8(2)13/h4-8H,3,13H2,1-2H3,(H,14,16)(H,15,17)/t8-/m0/s1. The molecule has 1 aromatic carbocycles. The van der Waals surface area contributed by atoms with E-state index >= 15 is 0 Å². The zero-order chi connectivity index (χ0) is 12.8. The lowest BCUT2D eigenvalue weighted by Crippen LogP contribution is -2.32. The molecule has 1 aromatic rings. The van der Waals surface area contributed by atoms with E-state index in [1.165, 1.54) is 0 Å². The molecule has 0 radical (unpaired) electrons. The number of rotatable bonds is 4. The number of hydrogen-bond acceptors (Lipinski definition) is 3. The van der Waals surface area contributed by atoms with Crippen molar-refractivity contribution >= 4 is 23.2 Å². The van der Waals surface area contributed by atoms with Gasteiger partial charge in [0.15, 0.2) is 0 Å². The van der Waals surface area contributed by atoms with E-state index in [0.717, 1.165) is 0 Å². The first-order valence-electron chi connectivity index (χ1n) is 5.49. The summed E-state index contributed by atoms with van der Waals surface area (Å²) in [7, 11) is 0. The van der Waals surface area contributed by atoms with Gasteiger partial charge in [0.25, 0.3) is 0 Å². The first kappa shape index (κ1) is 13.2. The summed E-state index contributed by atoms with van der Waals surface area (Å²) < 4.78 is 0. The van der Waals surface area contributed by atoms with Crippen LogP contribution in [0.15, 0.2) is 24.3 Å². The predicted octanol–water partition coefficient (Wildman–Crippen LogP) is 1.32. The third-order valence-electron chi connectivity index (χ3n) is 2.17. The van der Waals surface area contributed by atoms with Crippen LogP contribution in [0.4, 0.5) is 11.4 Å². The van der Waals surface area contributed by atoms with E-state index in [4.69, 9.17) is 5.73 Å². The number of hydrogen-bond donors (Lipinski definition) is 3. The van der Waals surface area contributed by atoms with Crippen molar-refractivity contribution in [1.82, 2.24) is 0 Å². The number of carbonyl (C=O) groups excluding carboxylic acids is 2. The molecule has 0 saturated carbocycles. The Kier molecular flexibility index (Phi) is 4.66. The van der Waals surface area contributed by atoms with Crippen molar-refractivity contribution in [3.63, 3.8) is 0 Å². The van der Waals surface area contributed by atoms with Gasteiger partial charge in [0, 0.05) is 17.8 Å². The van der Waals surface area contributed by atoms with Crippen LogP contribution in [-0.4, -0.2) is 17.9 Å². The number of carbonyl (C=O) groups is 2. The highest BCUT2D eigenvalue weighted by Crippen LogP contribution is 2.13. The third-order valence-corrected chi connectivity index (χ3v) is 2.17. The Labute approximate surface area is 100 Å². The van der Waals surface area contributed by atoms with Gasteiger partial charge in [0.05, 0.1) is 6.04 Å². The molecule has 5 heteroatoms. The molecule has 0 spiro atoms. The van der Waals surface area contributed by atoms with Crippen LogP contribution < -0.4 is 16.4 Å². The van der Waals surface area contributed by atoms with Crippen LogP contribution in [0.3, 0.4) is 0 Å². The van der Waals surface area contributed by atoms with E-state index in [1.54, 1.807) is 38.1 Å². The highest BCUT2D eigenvalue weighted by Gasteiger charge is 2.07. The fourth-order valence-electron chi connectivity index (χ4n) is 1.14. The predicted molar refractivity (Wildman–Crippen MR) is 67.6 cm³/mol. The van der Waals surface area contributed by atoms with Gasteiger partial charge in [-0.1, -0.05) is 6.92 Å². The van der Waals surface area contributed by atoms with Gasteiger partial charge < -0.3 is 16.4 Å². The molecule has 5 nitrogen and oxygen atoms in total. The highest BCUT2D eigenvalue weighted by molar-refractivity contribution is 5.95. The van der Waals surface area contributed by atoms with E-state index in [9.17, 15) is 9.59 Å². The summed E-state index contributed by atoms with van der Waals surface area (Å²) in [5, 5.41) is 5.38. The zero-order valence-corrected chi connectivity index (χ0v) is 9.99. The second-order valence-corrected chi connectivity index (χ2v) is 3.76. The van der Waals surface area contributed by atoms with Crippen molar-refractivity contribution in [2.24, 2.45) is 5.73 Å². The molecule has 0 aliphatic carbocycles. The van der Waals surface area contributed by atoms with Crippen LogP contribution in [0.25, 0.3) is 0 Å². The Morgan fingerprint density at radius 1 is 1.18 bits per heavy atom. The molecule has 1 rings (SSSR count). The Morgan fingerprint density at radius 3 is 2.06 bits per heavy atom. The molecular formula is C12H17N3O2. The van der Waals surface area contributed by atoms with Crippen LogP contribution in [0, 0.1) is 0 Å². The van der Waals surface area contributed by atoms with Crippen molar-refractivity contribution in [2.45, 2.75) is 26.3 Å². The molecule has 0 bridgehead atoms. The number of anilines is 2. The maximum atomic E-state index is 11.3. The monoisotopic (exact) mass is 235 g/mol. The number of amides is 2. The molecule has 0 fully saturated rings. The molecule has 0 unspecified atom stereocenters. The van der Waals surface area contributed by atoms with E-state index in [0.29, 0.717) is 17.8 Å². The second-order valence-electron chi connectivity index (χ2n) is 3.76. The number of benzene rings is 1. The van der Waals surface area contributed by atoms with Gasteiger partial charge in [-0.2, -0.15) is 0 Å². The third kappa shape index (κ3) is 4.24. The fraction of sp³-hybridized carbons (Fsp3) is 0.333. The van der Waals surface area contributed by atoms with Crippen LogP contribution in [0.5, 0.6) is 0 Å². The van der Waals surface area contributed by atoms with Gasteiger partial charge >= 0.3 is 0 Å². The van der Waals surface area contributed by atoms with Gasteiger partial charge in [-0.05, 0) is 31.2 Å². The minimum atomic E-state index is -0.547. The molecule has 2 amide bonds. The Hall–Kier alpha value is -1.88. The smallest absolute Gasteiger partial charge is 0.240 e. The van der Waals surface area contributed by atoms with Crippen molar-refractivity contribution < 1.29 is 9.59 Å². The van der Waals surface area contributed by atoms with Crippen LogP contribution in [-0.2, 0) is 9.59 Å². The molecular weight excluding hydrogens is 218 g/mol. The molecule has 1 atom stereocenters. The van der Waals surface area contributed by atoms with Gasteiger partial charge in [-0.3, -0.25) is 9.59 Å². The summed E-state index contributed by atoms with van der Waals surface area (Å²) in [6, 6.07) is 6.33. The minimum absolute atomic E-state index is 0.0441. The quantitative estimate of drug-likeness (QED) is 0.735. The SMILES string of the molecule is CCC(=O)Nc1ccc(NC(=O)[C@H](C)N)cc1. The second kappa shape index (κ2) is 6.00. The van der Waals surface area contributed by atoms with Crippen molar-refractivity contribution in [2.75, 3.05) is 10.6 Å². The van der Waals surface area contributed by atoms with Crippen molar-refractivity contribution in [1.29, 1.82) is 0 Å². The Balaban J connectivity index is 2.62. The van der Waals surface area contributed by atoms with Crippen LogP contribution in [0.2, 0.25) is 0 Å². The maximum Gasteiger partial charge on any atom is 0.240 e. The maximum absolute atomic E-state index is 11.3. The van der Waals surface area contributed by atoms with Crippen molar-refractivity contribution in [3.8, 4) is 0 Å². The average Bonchev–Trinajstić information content (AvgIpc) is 2.31. The van der Waals surface area contributed by atoms with E-state index in [1.807, 2.05) is 0 Å². The summed E-state index contributed by atoms with van der Waals surface area (Å²) in [5.74, 6) is -0.285. The molecule has 4 N–H and O–H groups in total. The molecule has 92 valence electrons. The molecule has 0 heterocycles. The largest absolute Gasteiger partial charge is 0.326 e. The summed E-state index contributed by atoms with van der Waals surface area (Å²) in [4.78, 5) is 22.5. The molecule has 0 aromatic heterocycles. The minimum Gasteiger partial charge on any atom is -0.326 e. The normalized spacial score (nSPS) is 11.7. The number of nitrogens with one attached hydrogen (secondary N) is 2. The highest BCUT2D eigenvalue weighted by atomic mass is 16.2. The van der Waals surface area contributed by atoms with Gasteiger partial charge in [0.2, 0.25) is 11.8 Å². The topological polar surface area (TPSA) is 84.2 Å². The summed E-state index contributed by atoms with van der Waals surface area (Å²) in [6.45, 7) is 3.40. The Morgan fingerprint density at radius 2 is 1.65 bits per heavy atom. The first-order valence-corrected chi connectivity index (χ1v) is 5.49. The molecule has 0 aliphatic rings. The average molecular weight is 235 g/mol. The molecule has 17 heavy (non-hydrogen) atoms. The Bertz CT molecular complexity index is 399. The lowest BCUT2D eigenvalue weighted by Gasteiger charge is -2.08. The van der Waals surface area contributed by atoms with E-state index < -0.39 is 6.04 Å². The van der Waals surface area contributed by atoms with E-state index in [2.05, 4.69) is 10.6 Å². The summed E-state index contributed by atoms with van der Waals surface area (Å²) in [6.07, 6.45) is 0.434. The first-order chi connectivity index (χ1) is 8.02. The summed E-state index contributed by atoms with van der Waals surface area (Å²) in [5.41, 5.74) is 6.79. The van der Waals surface area contributed by atoms with Gasteiger partial charge in [-0.15, -0.1) is 0 Å². The fourth-order valence-corrected chi connectivity index (χ4v) is 1.14. The van der Waals surface area contributed by atoms with Crippen LogP contribution >= 0.6 is 0 Å². The zero-order valence-electron chi connectivity index (χ0n) is 9.99. The van der Waals surface area contributed by atoms with Crippen LogP contribution in [0.1, 0.15) is 20.3 Å². The van der Waals surface area contributed by atoms with E-state index in [-0.39, 0.29) is 11.8 Å². The summed E-state index contributed by atoms with van der Waals surface area (Å²) >= 11 is 0. The lowest BCUT2D eigenvalue weighted by atomic mass is 10.2.